The minimum absolute atomic E-state index is 0.113. The molecule has 62 heavy (non-hydrogen) atoms. The third-order valence-electron chi connectivity index (χ3n) is 9.86. The molecular formula is C39H40N4O14S5. The average molecular weight is 949 g/mol. The van der Waals surface area contributed by atoms with Crippen LogP contribution in [0.3, 0.4) is 0 Å². The molecule has 0 unspecified atom stereocenters. The van der Waals surface area contributed by atoms with Crippen molar-refractivity contribution in [2.75, 3.05) is 27.3 Å². The van der Waals surface area contributed by atoms with Gasteiger partial charge < -0.3 is 9.73 Å². The third-order valence-corrected chi connectivity index (χ3v) is 13.7. The SMILES string of the molecule is Cc1cc(C)c(NS(C)(=O)=O)c(C)c1N=c1cc2oc3cc(Nc4c(C)cc(C)c(NS(C)(=O)=O)c4C)c(S(=O)(=O)O)cc3c(-c3ccccc3S(=O)(=O)O)c-2cc1S(=O)(=O)O. The van der Waals surface area contributed by atoms with Crippen molar-refractivity contribution in [3.8, 4) is 22.5 Å². The maximum absolute atomic E-state index is 13.2. The number of aryl methyl sites for hydroxylation is 4. The Bertz CT molecular complexity index is 3530. The van der Waals surface area contributed by atoms with E-state index in [0.29, 0.717) is 27.8 Å². The Kier molecular flexibility index (Phi) is 11.7. The fourth-order valence-corrected chi connectivity index (χ4v) is 10.7. The highest BCUT2D eigenvalue weighted by Gasteiger charge is 2.29. The van der Waals surface area contributed by atoms with Crippen molar-refractivity contribution in [1.82, 2.24) is 0 Å². The molecule has 4 aromatic rings. The van der Waals surface area contributed by atoms with Gasteiger partial charge in [-0.3, -0.25) is 23.1 Å². The largest absolute Gasteiger partial charge is 0.456 e. The van der Waals surface area contributed by atoms with Gasteiger partial charge in [-0.2, -0.15) is 25.3 Å². The summed E-state index contributed by atoms with van der Waals surface area (Å²) in [5, 5.41) is 2.33. The molecule has 0 bridgehead atoms. The Morgan fingerprint density at radius 2 is 1.06 bits per heavy atom. The quantitative estimate of drug-likeness (QED) is 0.0596. The molecule has 0 atom stereocenters. The van der Waals surface area contributed by atoms with Crippen LogP contribution in [0.25, 0.3) is 33.4 Å². The Balaban J connectivity index is 1.80. The van der Waals surface area contributed by atoms with E-state index in [1.165, 1.54) is 18.2 Å². The molecule has 2 aliphatic rings. The van der Waals surface area contributed by atoms with Gasteiger partial charge in [-0.05, 0) is 93.1 Å². The van der Waals surface area contributed by atoms with Crippen LogP contribution in [0.5, 0.6) is 0 Å². The summed E-state index contributed by atoms with van der Waals surface area (Å²) < 4.78 is 170. The number of nitrogens with one attached hydrogen (secondary N) is 3. The van der Waals surface area contributed by atoms with Crippen molar-refractivity contribution in [3.63, 3.8) is 0 Å². The van der Waals surface area contributed by atoms with E-state index in [0.717, 1.165) is 42.8 Å². The summed E-state index contributed by atoms with van der Waals surface area (Å²) in [4.78, 5) is 2.25. The van der Waals surface area contributed by atoms with Gasteiger partial charge in [0, 0.05) is 39.9 Å². The van der Waals surface area contributed by atoms with E-state index in [1.54, 1.807) is 53.7 Å². The van der Waals surface area contributed by atoms with Crippen LogP contribution in [-0.4, -0.2) is 68.3 Å². The molecule has 0 fully saturated rings. The fourth-order valence-electron chi connectivity index (χ4n) is 7.39. The van der Waals surface area contributed by atoms with Crippen LogP contribution in [0.4, 0.5) is 28.4 Å². The Morgan fingerprint density at radius 3 is 1.61 bits per heavy atom. The topological polar surface area (TPSA) is 293 Å². The lowest BCUT2D eigenvalue weighted by Gasteiger charge is -2.22. The first-order valence-electron chi connectivity index (χ1n) is 17.9. The molecule has 0 spiro atoms. The molecule has 23 heteroatoms. The number of sulfonamides is 2. The first kappa shape index (κ1) is 46.1. The molecule has 330 valence electrons. The monoisotopic (exact) mass is 948 g/mol. The maximum Gasteiger partial charge on any atom is 0.296 e. The molecular weight excluding hydrogens is 909 g/mol. The molecule has 18 nitrogen and oxygen atoms in total. The zero-order chi connectivity index (χ0) is 46.2. The number of rotatable bonds is 11. The normalized spacial score (nSPS) is 13.2. The number of hydrogen-bond donors (Lipinski definition) is 6. The van der Waals surface area contributed by atoms with Crippen molar-refractivity contribution in [2.24, 2.45) is 4.99 Å². The number of hydrogen-bond acceptors (Lipinski definition) is 13. The lowest BCUT2D eigenvalue weighted by atomic mass is 9.93. The Hall–Kier alpha value is -5.40. The number of nitrogens with zero attached hydrogens (tertiary/aromatic N) is 1. The number of anilines is 4. The molecule has 0 radical (unpaired) electrons. The molecule has 1 heterocycles. The van der Waals surface area contributed by atoms with E-state index in [4.69, 9.17) is 4.42 Å². The summed E-state index contributed by atoms with van der Waals surface area (Å²) in [7, 11) is -23.0. The van der Waals surface area contributed by atoms with Crippen molar-refractivity contribution in [3.05, 3.63) is 99.4 Å². The highest BCUT2D eigenvalue weighted by Crippen LogP contribution is 2.46. The zero-order valence-electron chi connectivity index (χ0n) is 34.1. The Morgan fingerprint density at radius 1 is 0.548 bits per heavy atom. The summed E-state index contributed by atoms with van der Waals surface area (Å²) in [6, 6.07) is 12.3. The Labute approximate surface area is 358 Å². The molecule has 6 rings (SSSR count). The second kappa shape index (κ2) is 15.7. The summed E-state index contributed by atoms with van der Waals surface area (Å²) in [5.41, 5.74) is 2.16. The van der Waals surface area contributed by atoms with Crippen LogP contribution >= 0.6 is 0 Å². The molecule has 0 saturated heterocycles. The van der Waals surface area contributed by atoms with Crippen molar-refractivity contribution in [1.29, 1.82) is 0 Å². The van der Waals surface area contributed by atoms with E-state index >= 15 is 0 Å². The van der Waals surface area contributed by atoms with Gasteiger partial charge in [0.15, 0.2) is 0 Å². The van der Waals surface area contributed by atoms with E-state index in [-0.39, 0.29) is 67.4 Å². The molecule has 4 aromatic carbocycles. The van der Waals surface area contributed by atoms with Gasteiger partial charge in [-0.1, -0.05) is 30.3 Å². The first-order valence-corrected chi connectivity index (χ1v) is 26.1. The van der Waals surface area contributed by atoms with Crippen LogP contribution in [0.1, 0.15) is 33.4 Å². The average Bonchev–Trinajstić information content (AvgIpc) is 3.11. The van der Waals surface area contributed by atoms with E-state index < -0.39 is 70.4 Å². The fraction of sp³-hybridized carbons (Fsp3) is 0.205. The van der Waals surface area contributed by atoms with Gasteiger partial charge in [0.05, 0.1) is 40.6 Å². The van der Waals surface area contributed by atoms with Crippen LogP contribution in [-0.2, 0) is 50.4 Å². The van der Waals surface area contributed by atoms with Gasteiger partial charge in [0.1, 0.15) is 26.0 Å². The van der Waals surface area contributed by atoms with Crippen molar-refractivity contribution < 1.29 is 60.2 Å². The highest BCUT2D eigenvalue weighted by atomic mass is 32.2. The molecule has 6 N–H and O–H groups in total. The highest BCUT2D eigenvalue weighted by molar-refractivity contribution is 7.92. The van der Waals surface area contributed by atoms with Crippen molar-refractivity contribution >= 4 is 89.8 Å². The first-order chi connectivity index (χ1) is 28.4. The molecule has 0 saturated carbocycles. The van der Waals surface area contributed by atoms with Gasteiger partial charge in [0.2, 0.25) is 20.0 Å². The molecule has 0 amide bonds. The lowest BCUT2D eigenvalue weighted by molar-refractivity contribution is 0.480. The standard InChI is InChI=1S/C39H40N4O14S5/c1-19-13-21(3)38(42-58(7,44)45)23(5)36(19)40-28-17-30-26(15-33(28)61(51,52)53)35(25-11-9-10-12-32(25)60(48,49)50)27-16-34(62(54,55)56)29(18-31(27)57-30)41-37-20(2)14-22(4)39(24(37)6)43-59(8,46)47/h9-18,40,42-43H,1-8H3,(H,48,49,50)(H,51,52,53)(H,54,55,56). The van der Waals surface area contributed by atoms with Crippen LogP contribution in [0.15, 0.2) is 84.8 Å². The van der Waals surface area contributed by atoms with E-state index in [9.17, 15) is 55.7 Å². The van der Waals surface area contributed by atoms with E-state index in [1.807, 2.05) is 0 Å². The minimum Gasteiger partial charge on any atom is -0.456 e. The smallest absolute Gasteiger partial charge is 0.296 e. The predicted octanol–water partition coefficient (Wildman–Crippen LogP) is 6.51. The van der Waals surface area contributed by atoms with Gasteiger partial charge in [-0.15, -0.1) is 0 Å². The molecule has 0 aromatic heterocycles. The molecule has 1 aliphatic heterocycles. The van der Waals surface area contributed by atoms with Crippen LogP contribution in [0.2, 0.25) is 0 Å². The van der Waals surface area contributed by atoms with Crippen LogP contribution in [0, 0.1) is 41.5 Å². The number of benzene rings is 5. The van der Waals surface area contributed by atoms with Gasteiger partial charge >= 0.3 is 0 Å². The zero-order valence-corrected chi connectivity index (χ0v) is 38.2. The van der Waals surface area contributed by atoms with Gasteiger partial charge in [-0.25, -0.2) is 21.8 Å². The lowest BCUT2D eigenvalue weighted by Crippen LogP contribution is -2.17. The molecule has 1 aliphatic carbocycles. The van der Waals surface area contributed by atoms with E-state index in [2.05, 4.69) is 19.8 Å². The predicted molar refractivity (Wildman–Crippen MR) is 234 cm³/mol. The van der Waals surface area contributed by atoms with Gasteiger partial charge in [0.25, 0.3) is 30.4 Å². The minimum atomic E-state index is -5.21. The summed E-state index contributed by atoms with van der Waals surface area (Å²) in [6.45, 7) is 9.73. The second-order valence-corrected chi connectivity index (χ2v) is 22.5. The summed E-state index contributed by atoms with van der Waals surface area (Å²) in [6.07, 6.45) is 1.90. The number of fused-ring (bicyclic) bond motifs is 2. The third kappa shape index (κ3) is 9.34. The summed E-state index contributed by atoms with van der Waals surface area (Å²) >= 11 is 0. The summed E-state index contributed by atoms with van der Waals surface area (Å²) in [5.74, 6) is -0.214. The van der Waals surface area contributed by atoms with Crippen LogP contribution < -0.4 is 20.1 Å². The van der Waals surface area contributed by atoms with Crippen molar-refractivity contribution in [2.45, 2.75) is 56.2 Å². The second-order valence-electron chi connectivity index (χ2n) is 14.8. The maximum atomic E-state index is 13.2.